The summed E-state index contributed by atoms with van der Waals surface area (Å²) in [6, 6.07) is 19.5. The molecule has 82 valence electrons. The van der Waals surface area contributed by atoms with E-state index in [0.29, 0.717) is 6.04 Å². The summed E-state index contributed by atoms with van der Waals surface area (Å²) in [4.78, 5) is 0. The molecule has 0 radical (unpaired) electrons. The Morgan fingerprint density at radius 2 is 1.31 bits per heavy atom. The molecule has 0 saturated carbocycles. The fraction of sp³-hybridized carbons (Fsp3) is 0.200. The van der Waals surface area contributed by atoms with Crippen LogP contribution in [0.4, 0.5) is 5.69 Å². The van der Waals surface area contributed by atoms with Crippen molar-refractivity contribution < 1.29 is 0 Å². The molecule has 16 heavy (non-hydrogen) atoms. The predicted molar refractivity (Wildman–Crippen MR) is 70.6 cm³/mol. The molecule has 1 N–H and O–H groups in total. The maximum Gasteiger partial charge on any atom is 0.0342 e. The summed E-state index contributed by atoms with van der Waals surface area (Å²) < 4.78 is 0. The largest absolute Gasteiger partial charge is 0.383 e. The highest BCUT2D eigenvalue weighted by Gasteiger charge is 1.97. The fourth-order valence-electron chi connectivity index (χ4n) is 1.72. The lowest BCUT2D eigenvalue weighted by atomic mass is 10.1. The van der Waals surface area contributed by atoms with Crippen molar-refractivity contribution in [3.05, 3.63) is 54.6 Å². The highest BCUT2D eigenvalue weighted by atomic mass is 14.9. The van der Waals surface area contributed by atoms with Crippen LogP contribution in [0.25, 0.3) is 11.1 Å². The topological polar surface area (TPSA) is 12.0 Å². The second kappa shape index (κ2) is 4.84. The van der Waals surface area contributed by atoms with Crippen LogP contribution >= 0.6 is 0 Å². The van der Waals surface area contributed by atoms with Crippen molar-refractivity contribution in [2.45, 2.75) is 19.9 Å². The van der Waals surface area contributed by atoms with Gasteiger partial charge in [0.1, 0.15) is 0 Å². The summed E-state index contributed by atoms with van der Waals surface area (Å²) in [5.41, 5.74) is 3.70. The average molecular weight is 211 g/mol. The molecule has 0 spiro atoms. The SMILES string of the molecule is CC(C)Nc1ccc(-c2ccccc2)cc1. The van der Waals surface area contributed by atoms with E-state index in [-0.39, 0.29) is 0 Å². The zero-order valence-electron chi connectivity index (χ0n) is 9.77. The van der Waals surface area contributed by atoms with Gasteiger partial charge in [-0.05, 0) is 37.1 Å². The van der Waals surface area contributed by atoms with Crippen LogP contribution in [0.3, 0.4) is 0 Å². The first-order valence-corrected chi connectivity index (χ1v) is 5.68. The molecular weight excluding hydrogens is 194 g/mol. The van der Waals surface area contributed by atoms with Gasteiger partial charge in [-0.25, -0.2) is 0 Å². The third-order valence-electron chi connectivity index (χ3n) is 2.45. The van der Waals surface area contributed by atoms with E-state index in [2.05, 4.69) is 67.7 Å². The van der Waals surface area contributed by atoms with Crippen LogP contribution in [0, 0.1) is 0 Å². The van der Waals surface area contributed by atoms with Gasteiger partial charge in [0.25, 0.3) is 0 Å². The summed E-state index contributed by atoms with van der Waals surface area (Å²) in [6.07, 6.45) is 0. The Labute approximate surface area is 97.1 Å². The molecule has 0 aromatic heterocycles. The quantitative estimate of drug-likeness (QED) is 0.803. The van der Waals surface area contributed by atoms with E-state index < -0.39 is 0 Å². The Kier molecular flexibility index (Phi) is 3.25. The molecule has 1 heteroatoms. The molecule has 1 nitrogen and oxygen atoms in total. The first-order valence-electron chi connectivity index (χ1n) is 5.68. The maximum absolute atomic E-state index is 3.38. The number of benzene rings is 2. The highest BCUT2D eigenvalue weighted by Crippen LogP contribution is 2.21. The molecule has 0 unspecified atom stereocenters. The van der Waals surface area contributed by atoms with Crippen LogP contribution in [0.15, 0.2) is 54.6 Å². The summed E-state index contributed by atoms with van der Waals surface area (Å²) in [6.45, 7) is 4.29. The van der Waals surface area contributed by atoms with Gasteiger partial charge in [0.2, 0.25) is 0 Å². The first-order chi connectivity index (χ1) is 7.75. The second-order valence-electron chi connectivity index (χ2n) is 4.24. The minimum absolute atomic E-state index is 0.475. The van der Waals surface area contributed by atoms with Gasteiger partial charge in [0, 0.05) is 11.7 Å². The molecule has 0 fully saturated rings. The number of hydrogen-bond acceptors (Lipinski definition) is 1. The molecule has 2 aromatic rings. The van der Waals surface area contributed by atoms with Crippen molar-refractivity contribution in [3.63, 3.8) is 0 Å². The Morgan fingerprint density at radius 1 is 0.750 bits per heavy atom. The zero-order valence-corrected chi connectivity index (χ0v) is 9.77. The lowest BCUT2D eigenvalue weighted by molar-refractivity contribution is 0.900. The van der Waals surface area contributed by atoms with E-state index in [9.17, 15) is 0 Å². The molecule has 0 saturated heterocycles. The first kappa shape index (κ1) is 10.7. The van der Waals surface area contributed by atoms with Crippen LogP contribution in [0.2, 0.25) is 0 Å². The Balaban J connectivity index is 2.20. The summed E-state index contributed by atoms with van der Waals surface area (Å²) >= 11 is 0. The van der Waals surface area contributed by atoms with E-state index in [4.69, 9.17) is 0 Å². The van der Waals surface area contributed by atoms with Crippen LogP contribution in [-0.4, -0.2) is 6.04 Å². The molecule has 0 aliphatic carbocycles. The Bertz CT molecular complexity index is 429. The van der Waals surface area contributed by atoms with Gasteiger partial charge in [-0.3, -0.25) is 0 Å². The number of nitrogens with one attached hydrogen (secondary N) is 1. The highest BCUT2D eigenvalue weighted by molar-refractivity contribution is 5.65. The molecule has 2 rings (SSSR count). The van der Waals surface area contributed by atoms with E-state index in [0.717, 1.165) is 0 Å². The zero-order chi connectivity index (χ0) is 11.4. The van der Waals surface area contributed by atoms with Crippen molar-refractivity contribution in [1.82, 2.24) is 0 Å². The normalized spacial score (nSPS) is 10.4. The van der Waals surface area contributed by atoms with Crippen molar-refractivity contribution >= 4 is 5.69 Å². The molecule has 0 atom stereocenters. The van der Waals surface area contributed by atoms with Crippen molar-refractivity contribution in [2.24, 2.45) is 0 Å². The predicted octanol–water partition coefficient (Wildman–Crippen LogP) is 4.17. The van der Waals surface area contributed by atoms with E-state index in [1.165, 1.54) is 16.8 Å². The summed E-state index contributed by atoms with van der Waals surface area (Å²) in [5.74, 6) is 0. The van der Waals surface area contributed by atoms with Gasteiger partial charge in [-0.1, -0.05) is 42.5 Å². The maximum atomic E-state index is 3.38. The van der Waals surface area contributed by atoms with Crippen LogP contribution in [0.5, 0.6) is 0 Å². The fourth-order valence-corrected chi connectivity index (χ4v) is 1.72. The van der Waals surface area contributed by atoms with Crippen molar-refractivity contribution in [3.8, 4) is 11.1 Å². The number of rotatable bonds is 3. The van der Waals surface area contributed by atoms with Crippen molar-refractivity contribution in [2.75, 3.05) is 5.32 Å². The molecular formula is C15H17N. The van der Waals surface area contributed by atoms with E-state index >= 15 is 0 Å². The minimum Gasteiger partial charge on any atom is -0.383 e. The van der Waals surface area contributed by atoms with Gasteiger partial charge in [0.15, 0.2) is 0 Å². The van der Waals surface area contributed by atoms with Crippen LogP contribution < -0.4 is 5.32 Å². The smallest absolute Gasteiger partial charge is 0.0342 e. The molecule has 2 aromatic carbocycles. The van der Waals surface area contributed by atoms with Gasteiger partial charge < -0.3 is 5.32 Å². The van der Waals surface area contributed by atoms with Gasteiger partial charge in [0.05, 0.1) is 0 Å². The third-order valence-corrected chi connectivity index (χ3v) is 2.45. The van der Waals surface area contributed by atoms with Crippen LogP contribution in [-0.2, 0) is 0 Å². The van der Waals surface area contributed by atoms with Gasteiger partial charge in [-0.2, -0.15) is 0 Å². The molecule has 0 aliphatic rings. The van der Waals surface area contributed by atoms with E-state index in [1.54, 1.807) is 0 Å². The Hall–Kier alpha value is -1.76. The Morgan fingerprint density at radius 3 is 1.88 bits per heavy atom. The molecule has 0 bridgehead atoms. The van der Waals surface area contributed by atoms with Crippen LogP contribution in [0.1, 0.15) is 13.8 Å². The van der Waals surface area contributed by atoms with Gasteiger partial charge in [-0.15, -0.1) is 0 Å². The third kappa shape index (κ3) is 2.63. The summed E-state index contributed by atoms with van der Waals surface area (Å²) in [7, 11) is 0. The number of anilines is 1. The molecule has 0 aliphatic heterocycles. The standard InChI is InChI=1S/C15H17N/c1-12(2)16-15-10-8-14(9-11-15)13-6-4-3-5-7-13/h3-12,16H,1-2H3. The number of hydrogen-bond donors (Lipinski definition) is 1. The van der Waals surface area contributed by atoms with Crippen molar-refractivity contribution in [1.29, 1.82) is 0 Å². The minimum atomic E-state index is 0.475. The molecule has 0 heterocycles. The second-order valence-corrected chi connectivity index (χ2v) is 4.24. The van der Waals surface area contributed by atoms with E-state index in [1.807, 2.05) is 6.07 Å². The lowest BCUT2D eigenvalue weighted by Gasteiger charge is -2.10. The summed E-state index contributed by atoms with van der Waals surface area (Å²) in [5, 5.41) is 3.38. The average Bonchev–Trinajstić information content (AvgIpc) is 2.30. The molecule has 0 amide bonds. The van der Waals surface area contributed by atoms with Gasteiger partial charge >= 0.3 is 0 Å². The monoisotopic (exact) mass is 211 g/mol. The lowest BCUT2D eigenvalue weighted by Crippen LogP contribution is -2.09.